The number of benzene rings is 3. The second kappa shape index (κ2) is 7.24. The van der Waals surface area contributed by atoms with E-state index in [9.17, 15) is 18.0 Å². The fourth-order valence-corrected chi connectivity index (χ4v) is 4.92. The van der Waals surface area contributed by atoms with Crippen molar-refractivity contribution in [1.29, 1.82) is 0 Å². The Balaban J connectivity index is 1.68. The zero-order chi connectivity index (χ0) is 21.6. The van der Waals surface area contributed by atoms with Crippen molar-refractivity contribution in [3.63, 3.8) is 0 Å². The van der Waals surface area contributed by atoms with Crippen LogP contribution in [-0.2, 0) is 10.0 Å². The van der Waals surface area contributed by atoms with Crippen LogP contribution in [0.1, 0.15) is 23.2 Å². The molecule has 4 aromatic rings. The number of carbonyl (C=O) groups excluding carboxylic acids is 1. The minimum Gasteiger partial charge on any atom is -0.268 e. The molecule has 1 aliphatic carbocycles. The van der Waals surface area contributed by atoms with Crippen LogP contribution in [0, 0.1) is 0 Å². The molecule has 0 bridgehead atoms. The highest BCUT2D eigenvalue weighted by atomic mass is 32.2. The summed E-state index contributed by atoms with van der Waals surface area (Å²) in [6.45, 7) is 0. The van der Waals surface area contributed by atoms with Gasteiger partial charge >= 0.3 is 0 Å². The molecule has 0 atom stereocenters. The monoisotopic (exact) mass is 433 g/mol. The van der Waals surface area contributed by atoms with E-state index in [1.165, 1.54) is 12.1 Å². The molecule has 1 N–H and O–H groups in total. The molecule has 1 amide bonds. The van der Waals surface area contributed by atoms with Crippen molar-refractivity contribution in [1.82, 2.24) is 14.1 Å². The van der Waals surface area contributed by atoms with Crippen molar-refractivity contribution in [2.24, 2.45) is 0 Å². The van der Waals surface area contributed by atoms with Crippen molar-refractivity contribution in [3.8, 4) is 11.4 Å². The van der Waals surface area contributed by atoms with Gasteiger partial charge in [-0.3, -0.25) is 9.59 Å². The Hall–Kier alpha value is -3.65. The SMILES string of the molecule is O=C(NS(=O)(=O)C1CC1)c1ccc2c(c1)c(=O)n(-c1ccccc1)n2-c1ccccc1. The van der Waals surface area contributed by atoms with E-state index in [1.54, 1.807) is 15.4 Å². The van der Waals surface area contributed by atoms with Crippen molar-refractivity contribution in [2.45, 2.75) is 18.1 Å². The highest BCUT2D eigenvalue weighted by Gasteiger charge is 2.37. The van der Waals surface area contributed by atoms with Gasteiger partial charge in [-0.2, -0.15) is 0 Å². The van der Waals surface area contributed by atoms with Crippen LogP contribution in [0.15, 0.2) is 83.7 Å². The van der Waals surface area contributed by atoms with Crippen LogP contribution in [0.3, 0.4) is 0 Å². The Morgan fingerprint density at radius 1 is 0.839 bits per heavy atom. The summed E-state index contributed by atoms with van der Waals surface area (Å²) in [5, 5.41) is -0.182. The van der Waals surface area contributed by atoms with E-state index in [0.29, 0.717) is 29.4 Å². The molecule has 1 aromatic heterocycles. The van der Waals surface area contributed by atoms with E-state index in [0.717, 1.165) is 5.69 Å². The van der Waals surface area contributed by atoms with E-state index in [4.69, 9.17) is 0 Å². The summed E-state index contributed by atoms with van der Waals surface area (Å²) in [7, 11) is -3.67. The van der Waals surface area contributed by atoms with Gasteiger partial charge in [-0.05, 0) is 55.3 Å². The first kappa shape index (κ1) is 19.3. The molecule has 31 heavy (non-hydrogen) atoms. The summed E-state index contributed by atoms with van der Waals surface area (Å²) in [4.78, 5) is 26.0. The average molecular weight is 433 g/mol. The van der Waals surface area contributed by atoms with Gasteiger partial charge in [0.15, 0.2) is 0 Å². The van der Waals surface area contributed by atoms with Crippen LogP contribution in [0.25, 0.3) is 22.3 Å². The van der Waals surface area contributed by atoms with Crippen LogP contribution < -0.4 is 10.3 Å². The van der Waals surface area contributed by atoms with Crippen LogP contribution in [-0.4, -0.2) is 28.9 Å². The lowest BCUT2D eigenvalue weighted by molar-refractivity contribution is 0.0981. The van der Waals surface area contributed by atoms with Gasteiger partial charge in [-0.15, -0.1) is 0 Å². The van der Waals surface area contributed by atoms with Crippen molar-refractivity contribution >= 4 is 26.8 Å². The van der Waals surface area contributed by atoms with Crippen molar-refractivity contribution in [3.05, 3.63) is 94.8 Å². The van der Waals surface area contributed by atoms with Gasteiger partial charge in [0.25, 0.3) is 11.5 Å². The molecule has 0 aliphatic heterocycles. The number of sulfonamides is 1. The number of carbonyl (C=O) groups is 1. The summed E-state index contributed by atoms with van der Waals surface area (Å²) in [5.74, 6) is -0.730. The number of nitrogens with zero attached hydrogens (tertiary/aromatic N) is 2. The first-order valence-electron chi connectivity index (χ1n) is 9.90. The van der Waals surface area contributed by atoms with E-state index in [-0.39, 0.29) is 11.1 Å². The van der Waals surface area contributed by atoms with Gasteiger partial charge in [-0.1, -0.05) is 36.4 Å². The molecule has 0 saturated heterocycles. The normalized spacial score (nSPS) is 13.9. The second-order valence-corrected chi connectivity index (χ2v) is 9.47. The molecule has 0 spiro atoms. The zero-order valence-corrected chi connectivity index (χ0v) is 17.2. The minimum atomic E-state index is -3.67. The van der Waals surface area contributed by atoms with Crippen molar-refractivity contribution < 1.29 is 13.2 Å². The number of hydrogen-bond acceptors (Lipinski definition) is 4. The number of hydrogen-bond donors (Lipinski definition) is 1. The summed E-state index contributed by atoms with van der Waals surface area (Å²) in [6.07, 6.45) is 1.12. The lowest BCUT2D eigenvalue weighted by Crippen LogP contribution is -2.33. The van der Waals surface area contributed by atoms with E-state index < -0.39 is 21.2 Å². The molecule has 1 fully saturated rings. The van der Waals surface area contributed by atoms with Crippen LogP contribution >= 0.6 is 0 Å². The Morgan fingerprint density at radius 2 is 1.42 bits per heavy atom. The quantitative estimate of drug-likeness (QED) is 0.524. The number of amides is 1. The van der Waals surface area contributed by atoms with E-state index in [1.807, 2.05) is 60.7 Å². The molecular formula is C23H19N3O4S. The molecule has 8 heteroatoms. The lowest BCUT2D eigenvalue weighted by atomic mass is 10.1. The molecule has 1 saturated carbocycles. The molecule has 5 rings (SSSR count). The molecule has 1 aliphatic rings. The average Bonchev–Trinajstić information content (AvgIpc) is 3.60. The molecule has 0 unspecified atom stereocenters. The number of fused-ring (bicyclic) bond motifs is 1. The summed E-state index contributed by atoms with van der Waals surface area (Å²) in [6, 6.07) is 23.3. The highest BCUT2D eigenvalue weighted by Crippen LogP contribution is 2.28. The fraction of sp³-hybridized carbons (Fsp3) is 0.130. The van der Waals surface area contributed by atoms with Crippen molar-refractivity contribution in [2.75, 3.05) is 0 Å². The highest BCUT2D eigenvalue weighted by molar-refractivity contribution is 7.91. The van der Waals surface area contributed by atoms with Crippen LogP contribution in [0.2, 0.25) is 0 Å². The smallest absolute Gasteiger partial charge is 0.268 e. The lowest BCUT2D eigenvalue weighted by Gasteiger charge is -2.13. The number of nitrogens with one attached hydrogen (secondary N) is 1. The Labute approximate surface area is 178 Å². The second-order valence-electron chi connectivity index (χ2n) is 7.51. The predicted octanol–water partition coefficient (Wildman–Crippen LogP) is 3.00. The van der Waals surface area contributed by atoms with Gasteiger partial charge in [0.1, 0.15) is 0 Å². The molecule has 0 radical (unpaired) electrons. The number of rotatable bonds is 5. The summed E-state index contributed by atoms with van der Waals surface area (Å²) in [5.41, 5.74) is 1.90. The van der Waals surface area contributed by atoms with Gasteiger partial charge in [0, 0.05) is 5.56 Å². The molecule has 156 valence electrons. The van der Waals surface area contributed by atoms with Crippen LogP contribution in [0.5, 0.6) is 0 Å². The molecule has 3 aromatic carbocycles. The third-order valence-electron chi connectivity index (χ3n) is 5.31. The number of aromatic nitrogens is 2. The maximum atomic E-state index is 13.4. The van der Waals surface area contributed by atoms with Crippen LogP contribution in [0.4, 0.5) is 0 Å². The first-order valence-corrected chi connectivity index (χ1v) is 11.4. The van der Waals surface area contributed by atoms with E-state index >= 15 is 0 Å². The molecule has 7 nitrogen and oxygen atoms in total. The Morgan fingerprint density at radius 3 is 2.00 bits per heavy atom. The topological polar surface area (TPSA) is 90.2 Å². The van der Waals surface area contributed by atoms with Gasteiger partial charge in [-0.25, -0.2) is 22.5 Å². The fourth-order valence-electron chi connectivity index (χ4n) is 3.62. The summed E-state index contributed by atoms with van der Waals surface area (Å²) >= 11 is 0. The first-order chi connectivity index (χ1) is 15.0. The molecular weight excluding hydrogens is 414 g/mol. The third-order valence-corrected chi connectivity index (χ3v) is 7.13. The van der Waals surface area contributed by atoms with Gasteiger partial charge in [0.2, 0.25) is 10.0 Å². The number of para-hydroxylation sites is 2. The standard InChI is InChI=1S/C23H19N3O4S/c27-22(24-31(29,30)19-12-13-19)16-11-14-21-20(15-16)23(28)26(18-9-5-2-6-10-18)25(21)17-7-3-1-4-8-17/h1-11,14-15,19H,12-13H2,(H,24,27). The third kappa shape index (κ3) is 3.44. The van der Waals surface area contributed by atoms with Gasteiger partial charge in [0.05, 0.1) is 27.5 Å². The Bertz CT molecular complexity index is 1450. The maximum Gasteiger partial charge on any atom is 0.279 e. The minimum absolute atomic E-state index is 0.124. The van der Waals surface area contributed by atoms with E-state index in [2.05, 4.69) is 4.72 Å². The molecule has 1 heterocycles. The maximum absolute atomic E-state index is 13.4. The Kier molecular flexibility index (Phi) is 4.51. The predicted molar refractivity (Wildman–Crippen MR) is 118 cm³/mol. The van der Waals surface area contributed by atoms with Gasteiger partial charge < -0.3 is 0 Å². The zero-order valence-electron chi connectivity index (χ0n) is 16.4. The largest absolute Gasteiger partial charge is 0.279 e. The summed E-state index contributed by atoms with van der Waals surface area (Å²) < 4.78 is 29.7.